The molecule has 32 heavy (non-hydrogen) atoms. The van der Waals surface area contributed by atoms with Gasteiger partial charge in [-0.05, 0) is 80.2 Å². The van der Waals surface area contributed by atoms with Gasteiger partial charge in [0.15, 0.2) is 0 Å². The number of esters is 1. The predicted octanol–water partition coefficient (Wildman–Crippen LogP) is 8.41. The molecule has 1 aromatic carbocycles. The molecule has 0 unspecified atom stereocenters. The van der Waals surface area contributed by atoms with Crippen LogP contribution in [0.25, 0.3) is 0 Å². The average molecular weight is 441 g/mol. The summed E-state index contributed by atoms with van der Waals surface area (Å²) in [4.78, 5) is 12.5. The van der Waals surface area contributed by atoms with Crippen LogP contribution in [-0.2, 0) is 16.0 Å². The second-order valence-corrected chi connectivity index (χ2v) is 11.5. The fraction of sp³-hybridized carbons (Fsp3) is 0.700. The zero-order chi connectivity index (χ0) is 24.5. The molecule has 0 bridgehead atoms. The van der Waals surface area contributed by atoms with Gasteiger partial charge in [0, 0.05) is 11.5 Å². The Balaban J connectivity index is 0.00000118. The third-order valence-corrected chi connectivity index (χ3v) is 5.33. The molecule has 2 rings (SSSR count). The summed E-state index contributed by atoms with van der Waals surface area (Å²) in [5, 5.41) is 0. The summed E-state index contributed by atoms with van der Waals surface area (Å²) in [6.07, 6.45) is 6.77. The van der Waals surface area contributed by atoms with Gasteiger partial charge in [0.2, 0.25) is 0 Å². The summed E-state index contributed by atoms with van der Waals surface area (Å²) in [7, 11) is 0. The third kappa shape index (κ3) is 10.7. The minimum Gasteiger partial charge on any atom is -0.460 e. The van der Waals surface area contributed by atoms with Crippen molar-refractivity contribution in [2.24, 2.45) is 11.8 Å². The van der Waals surface area contributed by atoms with Crippen LogP contribution in [0.4, 0.5) is 0 Å². The predicted molar refractivity (Wildman–Crippen MR) is 138 cm³/mol. The van der Waals surface area contributed by atoms with Crippen molar-refractivity contribution in [2.75, 3.05) is 0 Å². The first kappa shape index (κ1) is 28.3. The summed E-state index contributed by atoms with van der Waals surface area (Å²) < 4.78 is 5.60. The fourth-order valence-electron chi connectivity index (χ4n) is 3.98. The Morgan fingerprint density at radius 1 is 0.938 bits per heavy atom. The number of hydrogen-bond donors (Lipinski definition) is 0. The van der Waals surface area contributed by atoms with Crippen LogP contribution in [0.5, 0.6) is 0 Å². The molecule has 2 heteroatoms. The fourth-order valence-corrected chi connectivity index (χ4v) is 3.98. The van der Waals surface area contributed by atoms with Crippen molar-refractivity contribution in [1.29, 1.82) is 0 Å². The van der Waals surface area contributed by atoms with Crippen molar-refractivity contribution in [1.82, 2.24) is 0 Å². The van der Waals surface area contributed by atoms with Crippen molar-refractivity contribution in [3.05, 3.63) is 34.4 Å². The molecule has 1 aromatic rings. The zero-order valence-corrected chi connectivity index (χ0v) is 22.5. The topological polar surface area (TPSA) is 26.3 Å². The summed E-state index contributed by atoms with van der Waals surface area (Å²) >= 11 is 0. The average Bonchev–Trinajstić information content (AvgIpc) is 2.65. The highest BCUT2D eigenvalue weighted by atomic mass is 16.6. The molecule has 0 amide bonds. The maximum absolute atomic E-state index is 12.5. The minimum absolute atomic E-state index is 0.155. The quantitative estimate of drug-likeness (QED) is 0.347. The van der Waals surface area contributed by atoms with E-state index >= 15 is 0 Å². The third-order valence-electron chi connectivity index (χ3n) is 5.33. The van der Waals surface area contributed by atoms with Crippen LogP contribution in [0.1, 0.15) is 135 Å². The molecule has 0 spiro atoms. The van der Waals surface area contributed by atoms with Crippen molar-refractivity contribution >= 4 is 5.97 Å². The van der Waals surface area contributed by atoms with E-state index in [2.05, 4.69) is 72.4 Å². The van der Waals surface area contributed by atoms with E-state index < -0.39 is 5.60 Å². The van der Waals surface area contributed by atoms with E-state index in [1.165, 1.54) is 43.2 Å². The minimum atomic E-state index is -0.460. The number of ether oxygens (including phenoxy) is 1. The van der Waals surface area contributed by atoms with Crippen LogP contribution in [0, 0.1) is 23.7 Å². The molecule has 0 atom stereocenters. The Kier molecular flexibility index (Phi) is 11.6. The van der Waals surface area contributed by atoms with Gasteiger partial charge in [-0.3, -0.25) is 4.79 Å². The maximum Gasteiger partial charge on any atom is 0.310 e. The van der Waals surface area contributed by atoms with Gasteiger partial charge in [-0.1, -0.05) is 79.6 Å². The van der Waals surface area contributed by atoms with Gasteiger partial charge in [-0.2, -0.15) is 0 Å². The molecule has 2 nitrogen and oxygen atoms in total. The van der Waals surface area contributed by atoms with Crippen LogP contribution in [-0.4, -0.2) is 11.6 Å². The number of hydrogen-bond acceptors (Lipinski definition) is 2. The van der Waals surface area contributed by atoms with Crippen LogP contribution >= 0.6 is 0 Å². The number of carbonyl (C=O) groups is 1. The van der Waals surface area contributed by atoms with Gasteiger partial charge in [0.1, 0.15) is 5.60 Å². The molecular formula is C30H48O2. The Morgan fingerprint density at radius 3 is 1.81 bits per heavy atom. The van der Waals surface area contributed by atoms with E-state index in [9.17, 15) is 4.79 Å². The largest absolute Gasteiger partial charge is 0.460 e. The molecule has 0 N–H and O–H groups in total. The number of rotatable bonds is 4. The molecule has 1 saturated carbocycles. The monoisotopic (exact) mass is 440 g/mol. The zero-order valence-electron chi connectivity index (χ0n) is 22.5. The highest BCUT2D eigenvalue weighted by Gasteiger charge is 2.22. The molecule has 0 radical (unpaired) electrons. The Labute approximate surface area is 198 Å². The summed E-state index contributed by atoms with van der Waals surface area (Å²) in [5.41, 5.74) is 4.21. The molecule has 1 aliphatic carbocycles. The van der Waals surface area contributed by atoms with Gasteiger partial charge >= 0.3 is 5.97 Å². The van der Waals surface area contributed by atoms with Gasteiger partial charge in [0.05, 0.1) is 6.42 Å². The lowest BCUT2D eigenvalue weighted by atomic mass is 9.85. The molecule has 0 saturated heterocycles. The summed E-state index contributed by atoms with van der Waals surface area (Å²) in [6.45, 7) is 21.0. The Bertz CT molecular complexity index is 744. The van der Waals surface area contributed by atoms with Gasteiger partial charge in [-0.15, -0.1) is 0 Å². The number of benzene rings is 1. The SMILES string of the molecule is CC(C)C.CC(C)c1cc(C#CC2CCCCC2)cc(C(C)C)c1CC(=O)OC(C)(C)C. The smallest absolute Gasteiger partial charge is 0.310 e. The van der Waals surface area contributed by atoms with E-state index in [-0.39, 0.29) is 5.97 Å². The van der Waals surface area contributed by atoms with E-state index in [1.807, 2.05) is 20.8 Å². The summed E-state index contributed by atoms with van der Waals surface area (Å²) in [5.74, 6) is 8.88. The Hall–Kier alpha value is -1.75. The molecular weight excluding hydrogens is 392 g/mol. The van der Waals surface area contributed by atoms with Crippen molar-refractivity contribution < 1.29 is 9.53 Å². The second kappa shape index (κ2) is 13.1. The molecule has 0 aliphatic heterocycles. The maximum atomic E-state index is 12.5. The Morgan fingerprint density at radius 2 is 1.41 bits per heavy atom. The van der Waals surface area contributed by atoms with E-state index in [0.717, 1.165) is 17.0 Å². The molecule has 0 aromatic heterocycles. The highest BCUT2D eigenvalue weighted by molar-refractivity contribution is 5.74. The van der Waals surface area contributed by atoms with Crippen molar-refractivity contribution in [3.8, 4) is 11.8 Å². The van der Waals surface area contributed by atoms with Gasteiger partial charge < -0.3 is 4.74 Å². The first-order valence-corrected chi connectivity index (χ1v) is 12.7. The molecule has 1 fully saturated rings. The van der Waals surface area contributed by atoms with E-state index in [0.29, 0.717) is 24.2 Å². The number of carbonyl (C=O) groups excluding carboxylic acids is 1. The normalized spacial score (nSPS) is 14.7. The lowest BCUT2D eigenvalue weighted by molar-refractivity contribution is -0.153. The lowest BCUT2D eigenvalue weighted by Crippen LogP contribution is -2.25. The summed E-state index contributed by atoms with van der Waals surface area (Å²) in [6, 6.07) is 4.40. The standard InChI is InChI=1S/C26H38O2.C4H10/c1-18(2)22-15-21(14-13-20-11-9-8-10-12-20)16-23(19(3)4)24(22)17-25(27)28-26(5,6)7;1-4(2)3/h15-16,18-20H,8-12,17H2,1-7H3;4H,1-3H3. The molecule has 0 heterocycles. The van der Waals surface area contributed by atoms with Crippen LogP contribution < -0.4 is 0 Å². The van der Waals surface area contributed by atoms with E-state index in [1.54, 1.807) is 0 Å². The first-order valence-electron chi connectivity index (χ1n) is 12.7. The second-order valence-electron chi connectivity index (χ2n) is 11.5. The van der Waals surface area contributed by atoms with Gasteiger partial charge in [-0.25, -0.2) is 0 Å². The van der Waals surface area contributed by atoms with Crippen LogP contribution in [0.15, 0.2) is 12.1 Å². The first-order chi connectivity index (χ1) is 14.8. The van der Waals surface area contributed by atoms with Crippen molar-refractivity contribution in [3.63, 3.8) is 0 Å². The lowest BCUT2D eigenvalue weighted by Gasteiger charge is -2.23. The molecule has 180 valence electrons. The van der Waals surface area contributed by atoms with Crippen LogP contribution in [0.3, 0.4) is 0 Å². The van der Waals surface area contributed by atoms with Crippen molar-refractivity contribution in [2.45, 2.75) is 125 Å². The van der Waals surface area contributed by atoms with E-state index in [4.69, 9.17) is 4.74 Å². The highest BCUT2D eigenvalue weighted by Crippen LogP contribution is 2.31. The molecule has 1 aliphatic rings. The van der Waals surface area contributed by atoms with Crippen LogP contribution in [0.2, 0.25) is 0 Å². The van der Waals surface area contributed by atoms with Gasteiger partial charge in [0.25, 0.3) is 0 Å².